The van der Waals surface area contributed by atoms with Gasteiger partial charge < -0.3 is 29.7 Å². The molecule has 4 N–H and O–H groups in total. The summed E-state index contributed by atoms with van der Waals surface area (Å²) in [4.78, 5) is 68.7. The smallest absolute Gasteiger partial charge is 0.748 e. The number of nitrogens with one attached hydrogen (secondary N) is 3. The van der Waals surface area contributed by atoms with Crippen molar-refractivity contribution in [2.24, 2.45) is 0 Å². The van der Waals surface area contributed by atoms with Crippen LogP contribution in [0.15, 0.2) is 18.2 Å². The van der Waals surface area contributed by atoms with Gasteiger partial charge in [-0.3, -0.25) is 29.1 Å². The fraction of sp³-hybridized carbons (Fsp3) is 0.459. The number of rotatable bonds is 11. The number of carboxylic acid groups (broad SMARTS) is 1. The van der Waals surface area contributed by atoms with Gasteiger partial charge in [0.15, 0.2) is 5.78 Å². The minimum absolute atomic E-state index is 0. The molecule has 2 aliphatic rings. The Bertz CT molecular complexity index is 2250. The maximum atomic E-state index is 13.9. The second kappa shape index (κ2) is 17.0. The summed E-state index contributed by atoms with van der Waals surface area (Å²) in [7, 11) is -3.39. The number of ether oxygens (including phenoxy) is 1. The van der Waals surface area contributed by atoms with Gasteiger partial charge in [-0.15, -0.1) is 0 Å². The van der Waals surface area contributed by atoms with E-state index in [1.807, 2.05) is 39.0 Å². The fourth-order valence-electron chi connectivity index (χ4n) is 7.51. The third kappa shape index (κ3) is 9.01. The van der Waals surface area contributed by atoms with E-state index >= 15 is 0 Å². The summed E-state index contributed by atoms with van der Waals surface area (Å²) >= 11 is 0. The standard InChI is InChI=1S/C37H45N5O9S.K/c1-8-22-17(2)25-16-30-33(21(6)43)19(4)27(40-30)14-26-18(3)23(9-10-31(44)45)35(41-26)24(13-32(46)51-7)36-34(37(47)38-11-12-52(48,49)50)20(5)28(42-36)15-29(22)39-25;/h14-18,22-23,40,42H,8-13H2,1-7H3,(H,38,47)(H,44,45)(H,48,49,50);/q;+1/p-1/t17?,18?,22-,23+;/m1./s1. The van der Waals surface area contributed by atoms with Crippen LogP contribution < -0.4 is 56.7 Å². The molecule has 0 fully saturated rings. The van der Waals surface area contributed by atoms with Crippen molar-refractivity contribution in [3.05, 3.63) is 68.8 Å². The molecule has 0 spiro atoms. The molecule has 1 amide bonds. The summed E-state index contributed by atoms with van der Waals surface area (Å²) in [5.41, 5.74) is 6.54. The number of H-pyrrole nitrogens is 2. The van der Waals surface area contributed by atoms with Gasteiger partial charge in [-0.1, -0.05) is 20.8 Å². The Morgan fingerprint density at radius 2 is 1.51 bits per heavy atom. The zero-order chi connectivity index (χ0) is 38.2. The summed E-state index contributed by atoms with van der Waals surface area (Å²) in [5, 5.41) is 12.2. The molecular weight excluding hydrogens is 730 g/mol. The van der Waals surface area contributed by atoms with Gasteiger partial charge in [0.1, 0.15) is 0 Å². The van der Waals surface area contributed by atoms with Gasteiger partial charge in [-0.05, 0) is 62.9 Å². The van der Waals surface area contributed by atoms with Crippen LogP contribution in [0, 0.1) is 13.8 Å². The van der Waals surface area contributed by atoms with E-state index in [1.54, 1.807) is 6.92 Å². The third-order valence-electron chi connectivity index (χ3n) is 10.3. The molecule has 53 heavy (non-hydrogen) atoms. The van der Waals surface area contributed by atoms with E-state index in [4.69, 9.17) is 14.7 Å². The molecule has 0 aromatic carbocycles. The quantitative estimate of drug-likeness (QED) is 0.0957. The minimum atomic E-state index is -4.62. The number of carbonyl (C=O) groups excluding carboxylic acids is 3. The number of aliphatic carboxylic acids is 1. The first-order valence-electron chi connectivity index (χ1n) is 17.2. The first-order chi connectivity index (χ1) is 24.4. The summed E-state index contributed by atoms with van der Waals surface area (Å²) in [6.07, 6.45) is 0.357. The van der Waals surface area contributed by atoms with Crippen molar-refractivity contribution < 1.29 is 93.4 Å². The Balaban J connectivity index is 0.00000627. The van der Waals surface area contributed by atoms with E-state index in [9.17, 15) is 37.3 Å². The maximum Gasteiger partial charge on any atom is 1.00 e. The second-order valence-corrected chi connectivity index (χ2v) is 15.1. The van der Waals surface area contributed by atoms with Crippen molar-refractivity contribution in [2.75, 3.05) is 19.4 Å². The number of aryl methyl sites for hydroxylation is 2. The first-order valence-corrected chi connectivity index (χ1v) is 18.8. The number of aromatic amines is 2. The Kier molecular flexibility index (Phi) is 13.7. The number of hydrogen-bond donors (Lipinski definition) is 4. The Labute approximate surface area is 350 Å². The Morgan fingerprint density at radius 1 is 0.925 bits per heavy atom. The van der Waals surface area contributed by atoms with Crippen LogP contribution in [0.2, 0.25) is 0 Å². The average molecular weight is 774 g/mol. The number of ketones is 1. The number of hydrogen-bond acceptors (Lipinski definition) is 10. The molecule has 0 saturated carbocycles. The van der Waals surface area contributed by atoms with Crippen molar-refractivity contribution in [2.45, 2.75) is 90.9 Å². The molecule has 2 unspecified atom stereocenters. The van der Waals surface area contributed by atoms with Crippen LogP contribution in [0.1, 0.15) is 131 Å². The van der Waals surface area contributed by atoms with Crippen molar-refractivity contribution >= 4 is 55.8 Å². The second-order valence-electron chi connectivity index (χ2n) is 13.6. The van der Waals surface area contributed by atoms with Gasteiger partial charge in [0.2, 0.25) is 0 Å². The van der Waals surface area contributed by atoms with Gasteiger partial charge >= 0.3 is 63.3 Å². The molecule has 278 valence electrons. The fourth-order valence-corrected chi connectivity index (χ4v) is 7.86. The number of amides is 1. The average Bonchev–Trinajstić information content (AvgIpc) is 3.74. The number of nitrogens with zero attached hydrogens (tertiary/aromatic N) is 2. The minimum Gasteiger partial charge on any atom is -0.748 e. The van der Waals surface area contributed by atoms with Crippen LogP contribution in [0.3, 0.4) is 0 Å². The van der Waals surface area contributed by atoms with Crippen LogP contribution >= 0.6 is 0 Å². The molecule has 2 aliphatic heterocycles. The molecule has 14 nitrogen and oxygen atoms in total. The molecule has 5 heterocycles. The van der Waals surface area contributed by atoms with Crippen LogP contribution in [0.25, 0.3) is 22.1 Å². The largest absolute Gasteiger partial charge is 1.00 e. The van der Waals surface area contributed by atoms with E-state index in [2.05, 4.69) is 22.2 Å². The topological polar surface area (TPSA) is 224 Å². The molecule has 5 rings (SSSR count). The third-order valence-corrected chi connectivity index (χ3v) is 11.1. The zero-order valence-electron chi connectivity index (χ0n) is 31.3. The predicted octanol–water partition coefficient (Wildman–Crippen LogP) is 2.18. The number of carbonyl (C=O) groups is 4. The summed E-state index contributed by atoms with van der Waals surface area (Å²) in [6.45, 7) is 10.6. The van der Waals surface area contributed by atoms with E-state index in [1.165, 1.54) is 14.0 Å². The number of esters is 1. The van der Waals surface area contributed by atoms with Crippen LogP contribution in [-0.4, -0.2) is 81.0 Å². The van der Waals surface area contributed by atoms with Gasteiger partial charge in [-0.2, -0.15) is 0 Å². The van der Waals surface area contributed by atoms with Crippen molar-refractivity contribution in [3.8, 4) is 0 Å². The maximum absolute atomic E-state index is 13.9. The Morgan fingerprint density at radius 3 is 2.11 bits per heavy atom. The first kappa shape index (κ1) is 42.5. The normalized spacial score (nSPS) is 18.3. The molecule has 3 aromatic heterocycles. The number of Topliss-reactive ketones (excluding diaryl/α,β-unsaturated/α-hetero) is 1. The van der Waals surface area contributed by atoms with E-state index in [-0.39, 0.29) is 105 Å². The SMILES string of the molecule is CC[C@H]1c2cc3[nH]c(c(CC(=O)OC)c4nc(cc5[nH]c(cc(n2)C1C)c(C(C)=O)c5C)C(C)[C@@H]4CCC(=O)O)c(C(=O)NCCS(=O)(=O)[O-])c3C.[K+]. The number of fused-ring (bicyclic) bond motifs is 8. The predicted molar refractivity (Wildman–Crippen MR) is 193 cm³/mol. The molecule has 16 heteroatoms. The molecule has 0 saturated heterocycles. The molecule has 0 aliphatic carbocycles. The van der Waals surface area contributed by atoms with Gasteiger partial charge in [0.25, 0.3) is 5.91 Å². The summed E-state index contributed by atoms with van der Waals surface area (Å²) in [6, 6.07) is 5.56. The molecule has 3 aromatic rings. The van der Waals surface area contributed by atoms with Crippen molar-refractivity contribution in [1.82, 2.24) is 25.3 Å². The van der Waals surface area contributed by atoms with Crippen LogP contribution in [0.5, 0.6) is 0 Å². The Hall–Kier alpha value is -3.25. The molecule has 8 bridgehead atoms. The van der Waals surface area contributed by atoms with Crippen molar-refractivity contribution in [1.29, 1.82) is 0 Å². The monoisotopic (exact) mass is 773 g/mol. The summed E-state index contributed by atoms with van der Waals surface area (Å²) in [5.74, 6) is -4.19. The van der Waals surface area contributed by atoms with E-state index in [0.29, 0.717) is 50.2 Å². The van der Waals surface area contributed by atoms with Crippen LogP contribution in [-0.2, 0) is 30.9 Å². The number of carboxylic acids is 1. The van der Waals surface area contributed by atoms with E-state index < -0.39 is 46.2 Å². The number of methoxy groups -OCH3 is 1. The van der Waals surface area contributed by atoms with E-state index in [0.717, 1.165) is 17.8 Å². The molecule has 0 radical (unpaired) electrons. The van der Waals surface area contributed by atoms with Gasteiger partial charge in [0.05, 0.1) is 51.7 Å². The van der Waals surface area contributed by atoms with Gasteiger partial charge in [0, 0.05) is 75.9 Å². The van der Waals surface area contributed by atoms with Gasteiger partial charge in [-0.25, -0.2) is 8.42 Å². The van der Waals surface area contributed by atoms with Crippen molar-refractivity contribution in [3.63, 3.8) is 0 Å². The number of aromatic nitrogens is 4. The van der Waals surface area contributed by atoms with Crippen LogP contribution in [0.4, 0.5) is 0 Å². The molecular formula is C37H44KN5O9S. The molecule has 4 atom stereocenters. The zero-order valence-corrected chi connectivity index (χ0v) is 35.2. The summed E-state index contributed by atoms with van der Waals surface area (Å²) < 4.78 is 39.2.